The first-order chi connectivity index (χ1) is 8.25. The second kappa shape index (κ2) is 4.02. The molecule has 2 aromatic rings. The van der Waals surface area contributed by atoms with Gasteiger partial charge in [-0.15, -0.1) is 0 Å². The number of rotatable bonds is 2. The van der Waals surface area contributed by atoms with E-state index in [9.17, 15) is 0 Å². The number of anilines is 1. The van der Waals surface area contributed by atoms with Gasteiger partial charge in [-0.3, -0.25) is 4.98 Å². The summed E-state index contributed by atoms with van der Waals surface area (Å²) in [5.74, 6) is 2.16. The first-order valence-corrected chi connectivity index (χ1v) is 6.31. The Hall–Kier alpha value is -1.58. The monoisotopic (exact) mass is 230 g/mol. The molecule has 1 aliphatic carbocycles. The van der Waals surface area contributed by atoms with Gasteiger partial charge in [0.15, 0.2) is 0 Å². The van der Waals surface area contributed by atoms with Crippen LogP contribution in [0.1, 0.15) is 26.2 Å². The van der Waals surface area contributed by atoms with Gasteiger partial charge in [-0.1, -0.05) is 19.8 Å². The Kier molecular flexibility index (Phi) is 2.50. The minimum absolute atomic E-state index is 0.618. The van der Waals surface area contributed by atoms with E-state index in [-0.39, 0.29) is 0 Å². The Morgan fingerprint density at radius 2 is 2.35 bits per heavy atom. The van der Waals surface area contributed by atoms with E-state index in [1.165, 1.54) is 19.3 Å². The summed E-state index contributed by atoms with van der Waals surface area (Å²) >= 11 is 0. The number of fused-ring (bicyclic) bond motifs is 1. The smallest absolute Gasteiger partial charge is 0.201 e. The third-order valence-electron chi connectivity index (χ3n) is 4.04. The molecule has 3 rings (SSSR count). The van der Waals surface area contributed by atoms with E-state index >= 15 is 0 Å². The fourth-order valence-corrected chi connectivity index (χ4v) is 2.92. The molecule has 2 atom stereocenters. The van der Waals surface area contributed by atoms with Crippen LogP contribution in [0.3, 0.4) is 0 Å². The van der Waals surface area contributed by atoms with E-state index in [1.54, 1.807) is 12.4 Å². The molecule has 4 nitrogen and oxygen atoms in total. The number of imidazole rings is 1. The summed E-state index contributed by atoms with van der Waals surface area (Å²) in [6.07, 6.45) is 7.59. The molecule has 1 aliphatic rings. The second-order valence-electron chi connectivity index (χ2n) is 5.11. The number of nitrogens with zero attached hydrogens (tertiary/aromatic N) is 3. The molecule has 2 heterocycles. The van der Waals surface area contributed by atoms with E-state index in [0.717, 1.165) is 29.4 Å². The van der Waals surface area contributed by atoms with Crippen molar-refractivity contribution in [1.82, 2.24) is 14.5 Å². The van der Waals surface area contributed by atoms with Gasteiger partial charge in [0, 0.05) is 12.7 Å². The minimum Gasteiger partial charge on any atom is -0.369 e. The minimum atomic E-state index is 0.618. The summed E-state index contributed by atoms with van der Waals surface area (Å²) < 4.78 is 2.14. The number of hydrogen-bond acceptors (Lipinski definition) is 3. The molecule has 0 amide bonds. The predicted octanol–water partition coefficient (Wildman–Crippen LogP) is 2.45. The number of aromatic nitrogens is 3. The largest absolute Gasteiger partial charge is 0.369 e. The van der Waals surface area contributed by atoms with Crippen LogP contribution in [0.25, 0.3) is 11.0 Å². The fourth-order valence-electron chi connectivity index (χ4n) is 2.92. The summed E-state index contributed by atoms with van der Waals surface area (Å²) in [7, 11) is 0. The van der Waals surface area contributed by atoms with E-state index in [1.807, 2.05) is 6.07 Å². The van der Waals surface area contributed by atoms with E-state index in [4.69, 9.17) is 5.73 Å². The molecular weight excluding hydrogens is 212 g/mol. The zero-order chi connectivity index (χ0) is 11.8. The van der Waals surface area contributed by atoms with Gasteiger partial charge in [0.1, 0.15) is 5.52 Å². The van der Waals surface area contributed by atoms with Gasteiger partial charge in [0.25, 0.3) is 0 Å². The SMILES string of the molecule is CC1CCCC1Cn1c(N)nc2cnccc21. The van der Waals surface area contributed by atoms with Crippen LogP contribution in [0.5, 0.6) is 0 Å². The molecule has 0 aromatic carbocycles. The summed E-state index contributed by atoms with van der Waals surface area (Å²) in [5.41, 5.74) is 8.01. The maximum Gasteiger partial charge on any atom is 0.201 e. The standard InChI is InChI=1S/C13H18N4/c1-9-3-2-4-10(9)8-17-12-5-6-15-7-11(12)16-13(17)14/h5-7,9-10H,2-4,8H2,1H3,(H2,14,16). The highest BCUT2D eigenvalue weighted by Crippen LogP contribution is 2.33. The molecule has 0 radical (unpaired) electrons. The van der Waals surface area contributed by atoms with Crippen molar-refractivity contribution in [1.29, 1.82) is 0 Å². The van der Waals surface area contributed by atoms with Gasteiger partial charge in [-0.2, -0.15) is 0 Å². The van der Waals surface area contributed by atoms with Gasteiger partial charge >= 0.3 is 0 Å². The lowest BCUT2D eigenvalue weighted by Crippen LogP contribution is -2.14. The Balaban J connectivity index is 1.96. The molecule has 0 spiro atoms. The van der Waals surface area contributed by atoms with Crippen molar-refractivity contribution in [2.24, 2.45) is 11.8 Å². The van der Waals surface area contributed by atoms with Crippen LogP contribution in [-0.4, -0.2) is 14.5 Å². The van der Waals surface area contributed by atoms with Gasteiger partial charge in [-0.25, -0.2) is 4.98 Å². The van der Waals surface area contributed by atoms with Crippen molar-refractivity contribution in [3.05, 3.63) is 18.5 Å². The highest BCUT2D eigenvalue weighted by molar-refractivity contribution is 5.77. The lowest BCUT2D eigenvalue weighted by atomic mass is 9.98. The van der Waals surface area contributed by atoms with Crippen LogP contribution in [0.4, 0.5) is 5.95 Å². The maximum atomic E-state index is 6.00. The van der Waals surface area contributed by atoms with Crippen LogP contribution < -0.4 is 5.73 Å². The molecule has 17 heavy (non-hydrogen) atoms. The summed E-state index contributed by atoms with van der Waals surface area (Å²) in [6, 6.07) is 2.00. The van der Waals surface area contributed by atoms with Gasteiger partial charge in [-0.05, 0) is 24.3 Å². The Morgan fingerprint density at radius 1 is 1.47 bits per heavy atom. The lowest BCUT2D eigenvalue weighted by Gasteiger charge is -2.17. The predicted molar refractivity (Wildman–Crippen MR) is 68.4 cm³/mol. The number of hydrogen-bond donors (Lipinski definition) is 1. The first kappa shape index (κ1) is 10.6. The van der Waals surface area contributed by atoms with Crippen LogP contribution in [0, 0.1) is 11.8 Å². The lowest BCUT2D eigenvalue weighted by molar-refractivity contribution is 0.370. The normalized spacial score (nSPS) is 24.5. The van der Waals surface area contributed by atoms with Gasteiger partial charge in [0.05, 0.1) is 11.7 Å². The van der Waals surface area contributed by atoms with E-state index in [0.29, 0.717) is 5.95 Å². The van der Waals surface area contributed by atoms with Crippen molar-refractivity contribution in [3.63, 3.8) is 0 Å². The molecule has 1 saturated carbocycles. The van der Waals surface area contributed by atoms with Gasteiger partial charge in [0.2, 0.25) is 5.95 Å². The summed E-state index contributed by atoms with van der Waals surface area (Å²) in [4.78, 5) is 8.44. The number of nitrogen functional groups attached to an aromatic ring is 1. The molecule has 1 fully saturated rings. The van der Waals surface area contributed by atoms with Crippen LogP contribution in [-0.2, 0) is 6.54 Å². The average Bonchev–Trinajstić information content (AvgIpc) is 2.85. The molecular formula is C13H18N4. The second-order valence-corrected chi connectivity index (χ2v) is 5.11. The first-order valence-electron chi connectivity index (χ1n) is 6.31. The Bertz CT molecular complexity index is 531. The average molecular weight is 230 g/mol. The van der Waals surface area contributed by atoms with Crippen LogP contribution >= 0.6 is 0 Å². The zero-order valence-corrected chi connectivity index (χ0v) is 10.1. The molecule has 0 saturated heterocycles. The molecule has 0 bridgehead atoms. The molecule has 0 aliphatic heterocycles. The molecule has 2 unspecified atom stereocenters. The number of nitrogens with two attached hydrogens (primary N) is 1. The highest BCUT2D eigenvalue weighted by atomic mass is 15.2. The molecule has 90 valence electrons. The van der Waals surface area contributed by atoms with Crippen molar-refractivity contribution in [2.75, 3.05) is 5.73 Å². The Labute approximate surface area is 101 Å². The number of pyridine rings is 1. The summed E-state index contributed by atoms with van der Waals surface area (Å²) in [6.45, 7) is 3.34. The fraction of sp³-hybridized carbons (Fsp3) is 0.538. The topological polar surface area (TPSA) is 56.7 Å². The van der Waals surface area contributed by atoms with Crippen LogP contribution in [0.15, 0.2) is 18.5 Å². The summed E-state index contributed by atoms with van der Waals surface area (Å²) in [5, 5.41) is 0. The quantitative estimate of drug-likeness (QED) is 0.862. The highest BCUT2D eigenvalue weighted by Gasteiger charge is 2.24. The van der Waals surface area contributed by atoms with E-state index in [2.05, 4.69) is 21.5 Å². The third kappa shape index (κ3) is 1.77. The van der Waals surface area contributed by atoms with Crippen molar-refractivity contribution in [3.8, 4) is 0 Å². The van der Waals surface area contributed by atoms with E-state index < -0.39 is 0 Å². The third-order valence-corrected chi connectivity index (χ3v) is 4.04. The molecule has 2 aromatic heterocycles. The molecule has 4 heteroatoms. The van der Waals surface area contributed by atoms with Crippen LogP contribution in [0.2, 0.25) is 0 Å². The van der Waals surface area contributed by atoms with Gasteiger partial charge < -0.3 is 10.3 Å². The van der Waals surface area contributed by atoms with Crippen molar-refractivity contribution in [2.45, 2.75) is 32.7 Å². The van der Waals surface area contributed by atoms with Crippen molar-refractivity contribution < 1.29 is 0 Å². The zero-order valence-electron chi connectivity index (χ0n) is 10.1. The molecule has 2 N–H and O–H groups in total. The Morgan fingerprint density at radius 3 is 3.12 bits per heavy atom. The van der Waals surface area contributed by atoms with Crippen molar-refractivity contribution >= 4 is 17.0 Å². The maximum absolute atomic E-state index is 6.00.